The minimum absolute atomic E-state index is 0.221. The highest BCUT2D eigenvalue weighted by Gasteiger charge is 2.15. The van der Waals surface area contributed by atoms with Gasteiger partial charge in [0.15, 0.2) is 6.10 Å². The fourth-order valence-electron chi connectivity index (χ4n) is 2.13. The summed E-state index contributed by atoms with van der Waals surface area (Å²) in [4.78, 5) is 12.1. The van der Waals surface area contributed by atoms with Crippen LogP contribution in [0.3, 0.4) is 0 Å². The number of carbonyl (C=O) groups excluding carboxylic acids is 1. The molecule has 1 unspecified atom stereocenters. The molecule has 4 nitrogen and oxygen atoms in total. The number of benzene rings is 2. The Kier molecular flexibility index (Phi) is 5.04. The number of hydrogen-bond acceptors (Lipinski definition) is 3. The molecule has 2 aromatic carbocycles. The number of aryl methyl sites for hydroxylation is 3. The lowest BCUT2D eigenvalue weighted by Gasteiger charge is -2.17. The van der Waals surface area contributed by atoms with Crippen molar-refractivity contribution in [2.24, 2.45) is 0 Å². The first kappa shape index (κ1) is 15.9. The summed E-state index contributed by atoms with van der Waals surface area (Å²) in [5.74, 6) is 0.505. The standard InChI is InChI=1S/C18H22N2O2/c1-12-6-5-7-16(11-12)19-20-18(21)15(4)22-17-9-8-13(2)10-14(17)3/h5-11,15,19H,1-4H3,(H,20,21). The lowest BCUT2D eigenvalue weighted by Crippen LogP contribution is -2.39. The average Bonchev–Trinajstić information content (AvgIpc) is 2.47. The normalized spacial score (nSPS) is 11.6. The lowest BCUT2D eigenvalue weighted by atomic mass is 10.1. The van der Waals surface area contributed by atoms with E-state index in [9.17, 15) is 4.79 Å². The number of anilines is 1. The molecule has 0 aliphatic heterocycles. The molecule has 0 heterocycles. The molecule has 0 spiro atoms. The van der Waals surface area contributed by atoms with E-state index in [4.69, 9.17) is 4.74 Å². The Morgan fingerprint density at radius 1 is 1.05 bits per heavy atom. The van der Waals surface area contributed by atoms with Crippen molar-refractivity contribution < 1.29 is 9.53 Å². The number of ether oxygens (including phenoxy) is 1. The van der Waals surface area contributed by atoms with Gasteiger partial charge >= 0.3 is 0 Å². The Morgan fingerprint density at radius 3 is 2.45 bits per heavy atom. The van der Waals surface area contributed by atoms with E-state index in [2.05, 4.69) is 10.9 Å². The van der Waals surface area contributed by atoms with Gasteiger partial charge in [0, 0.05) is 0 Å². The van der Waals surface area contributed by atoms with E-state index in [1.807, 2.05) is 63.2 Å². The number of carbonyl (C=O) groups is 1. The van der Waals surface area contributed by atoms with Crippen LogP contribution in [-0.4, -0.2) is 12.0 Å². The van der Waals surface area contributed by atoms with Crippen molar-refractivity contribution >= 4 is 11.6 Å². The van der Waals surface area contributed by atoms with Gasteiger partial charge in [0.25, 0.3) is 5.91 Å². The van der Waals surface area contributed by atoms with E-state index < -0.39 is 6.10 Å². The quantitative estimate of drug-likeness (QED) is 0.830. The van der Waals surface area contributed by atoms with Crippen molar-refractivity contribution in [3.63, 3.8) is 0 Å². The maximum Gasteiger partial charge on any atom is 0.279 e. The smallest absolute Gasteiger partial charge is 0.279 e. The van der Waals surface area contributed by atoms with Gasteiger partial charge in [0.2, 0.25) is 0 Å². The Hall–Kier alpha value is -2.49. The number of nitrogens with one attached hydrogen (secondary N) is 2. The molecule has 0 saturated carbocycles. The van der Waals surface area contributed by atoms with Gasteiger partial charge in [-0.3, -0.25) is 15.6 Å². The molecule has 4 heteroatoms. The van der Waals surface area contributed by atoms with Crippen LogP contribution in [0.2, 0.25) is 0 Å². The van der Waals surface area contributed by atoms with Crippen LogP contribution in [-0.2, 0) is 4.79 Å². The second-order valence-electron chi connectivity index (χ2n) is 5.51. The largest absolute Gasteiger partial charge is 0.481 e. The van der Waals surface area contributed by atoms with E-state index in [0.717, 1.165) is 22.6 Å². The highest BCUT2D eigenvalue weighted by Crippen LogP contribution is 2.20. The monoisotopic (exact) mass is 298 g/mol. The number of rotatable bonds is 5. The zero-order chi connectivity index (χ0) is 16.1. The number of amides is 1. The van der Waals surface area contributed by atoms with Crippen LogP contribution < -0.4 is 15.6 Å². The van der Waals surface area contributed by atoms with Crippen LogP contribution in [0, 0.1) is 20.8 Å². The molecule has 0 aromatic heterocycles. The fourth-order valence-corrected chi connectivity index (χ4v) is 2.13. The van der Waals surface area contributed by atoms with Crippen LogP contribution in [0.4, 0.5) is 5.69 Å². The van der Waals surface area contributed by atoms with Gasteiger partial charge in [0.1, 0.15) is 5.75 Å². The third-order valence-electron chi connectivity index (χ3n) is 3.35. The first-order valence-electron chi connectivity index (χ1n) is 7.32. The van der Waals surface area contributed by atoms with Gasteiger partial charge < -0.3 is 4.74 Å². The summed E-state index contributed by atoms with van der Waals surface area (Å²) < 4.78 is 5.72. The summed E-state index contributed by atoms with van der Waals surface area (Å²) in [5.41, 5.74) is 9.71. The molecule has 2 rings (SSSR count). The van der Waals surface area contributed by atoms with E-state index >= 15 is 0 Å². The van der Waals surface area contributed by atoms with E-state index in [1.165, 1.54) is 5.56 Å². The third-order valence-corrected chi connectivity index (χ3v) is 3.35. The molecule has 0 fully saturated rings. The SMILES string of the molecule is Cc1cccc(NNC(=O)C(C)Oc2ccc(C)cc2C)c1. The Balaban J connectivity index is 1.92. The molecule has 0 aliphatic rings. The molecule has 22 heavy (non-hydrogen) atoms. The molecular weight excluding hydrogens is 276 g/mol. The highest BCUT2D eigenvalue weighted by molar-refractivity contribution is 5.82. The zero-order valence-corrected chi connectivity index (χ0v) is 13.4. The Bertz CT molecular complexity index is 668. The molecule has 116 valence electrons. The molecule has 1 amide bonds. The van der Waals surface area contributed by atoms with Crippen molar-refractivity contribution in [2.75, 3.05) is 5.43 Å². The Labute approximate surface area is 131 Å². The van der Waals surface area contributed by atoms with Gasteiger partial charge in [-0.25, -0.2) is 0 Å². The van der Waals surface area contributed by atoms with E-state index in [0.29, 0.717) is 0 Å². The third kappa shape index (κ3) is 4.25. The van der Waals surface area contributed by atoms with Crippen molar-refractivity contribution in [3.8, 4) is 5.75 Å². The van der Waals surface area contributed by atoms with Crippen LogP contribution in [0.25, 0.3) is 0 Å². The average molecular weight is 298 g/mol. The number of hydrogen-bond donors (Lipinski definition) is 2. The maximum atomic E-state index is 12.1. The minimum atomic E-state index is -0.585. The second kappa shape index (κ2) is 6.98. The predicted molar refractivity (Wildman–Crippen MR) is 89.0 cm³/mol. The summed E-state index contributed by atoms with van der Waals surface area (Å²) in [5, 5.41) is 0. The summed E-state index contributed by atoms with van der Waals surface area (Å²) in [6.07, 6.45) is -0.585. The first-order chi connectivity index (χ1) is 10.5. The van der Waals surface area contributed by atoms with Crippen LogP contribution >= 0.6 is 0 Å². The van der Waals surface area contributed by atoms with Crippen LogP contribution in [0.15, 0.2) is 42.5 Å². The summed E-state index contributed by atoms with van der Waals surface area (Å²) in [6.45, 7) is 7.72. The molecule has 2 aromatic rings. The summed E-state index contributed by atoms with van der Waals surface area (Å²) in [7, 11) is 0. The van der Waals surface area contributed by atoms with E-state index in [1.54, 1.807) is 6.92 Å². The molecule has 0 aliphatic carbocycles. The van der Waals surface area contributed by atoms with Gasteiger partial charge in [-0.2, -0.15) is 0 Å². The topological polar surface area (TPSA) is 50.4 Å². The molecule has 0 bridgehead atoms. The molecule has 0 radical (unpaired) electrons. The van der Waals surface area contributed by atoms with Crippen molar-refractivity contribution in [3.05, 3.63) is 59.2 Å². The van der Waals surface area contributed by atoms with Crippen molar-refractivity contribution in [2.45, 2.75) is 33.8 Å². The van der Waals surface area contributed by atoms with Gasteiger partial charge in [-0.1, -0.05) is 29.8 Å². The summed E-state index contributed by atoms with van der Waals surface area (Å²) in [6, 6.07) is 13.7. The predicted octanol–water partition coefficient (Wildman–Crippen LogP) is 3.52. The molecule has 2 N–H and O–H groups in total. The highest BCUT2D eigenvalue weighted by atomic mass is 16.5. The van der Waals surface area contributed by atoms with Gasteiger partial charge in [-0.05, 0) is 57.0 Å². The lowest BCUT2D eigenvalue weighted by molar-refractivity contribution is -0.126. The number of hydrazine groups is 1. The summed E-state index contributed by atoms with van der Waals surface area (Å²) >= 11 is 0. The molecule has 0 saturated heterocycles. The molecular formula is C18H22N2O2. The van der Waals surface area contributed by atoms with Crippen LogP contribution in [0.1, 0.15) is 23.6 Å². The fraction of sp³-hybridized carbons (Fsp3) is 0.278. The Morgan fingerprint density at radius 2 is 1.77 bits per heavy atom. The van der Waals surface area contributed by atoms with Gasteiger partial charge in [-0.15, -0.1) is 0 Å². The molecule has 1 atom stereocenters. The minimum Gasteiger partial charge on any atom is -0.481 e. The van der Waals surface area contributed by atoms with Crippen molar-refractivity contribution in [1.29, 1.82) is 0 Å². The second-order valence-corrected chi connectivity index (χ2v) is 5.51. The maximum absolute atomic E-state index is 12.1. The van der Waals surface area contributed by atoms with Crippen molar-refractivity contribution in [1.82, 2.24) is 5.43 Å². The first-order valence-corrected chi connectivity index (χ1v) is 7.32. The van der Waals surface area contributed by atoms with Gasteiger partial charge in [0.05, 0.1) is 5.69 Å². The zero-order valence-electron chi connectivity index (χ0n) is 13.4. The van der Waals surface area contributed by atoms with Crippen LogP contribution in [0.5, 0.6) is 5.75 Å². The van der Waals surface area contributed by atoms with E-state index in [-0.39, 0.29) is 5.91 Å².